The standard InChI is InChI=1S/C28H24N6O4S/c1-15(35)31-17-4-6-23-19(10-17)21(12-30-23)25-26(28(38)33-27(25)37)22-13-34(9-3-8-29-14-39)24-7-5-18(11-20(22)24)32-16(2)36/h4-7,10-13,30H,3,8-9H2,1-2H3,(H,31,35)(H,32,36)(H,33,37,38). The average molecular weight is 541 g/mol. The number of aliphatic imine (C=N–C) groups is 1. The van der Waals surface area contributed by atoms with Crippen LogP contribution in [-0.2, 0) is 25.7 Å². The maximum Gasteiger partial charge on any atom is 0.259 e. The Balaban J connectivity index is 1.72. The van der Waals surface area contributed by atoms with Crippen LogP contribution in [0.3, 0.4) is 0 Å². The fourth-order valence-electron chi connectivity index (χ4n) is 4.91. The van der Waals surface area contributed by atoms with Crippen molar-refractivity contribution in [2.24, 2.45) is 4.99 Å². The Hall–Kier alpha value is -4.86. The summed E-state index contributed by atoms with van der Waals surface area (Å²) in [6, 6.07) is 10.8. The van der Waals surface area contributed by atoms with Crippen molar-refractivity contribution in [3.63, 3.8) is 0 Å². The zero-order valence-electron chi connectivity index (χ0n) is 21.2. The average Bonchev–Trinajstić information content (AvgIpc) is 3.53. The van der Waals surface area contributed by atoms with E-state index in [9.17, 15) is 19.2 Å². The summed E-state index contributed by atoms with van der Waals surface area (Å²) in [6.45, 7) is 3.92. The Labute approximate surface area is 228 Å². The molecule has 0 spiro atoms. The molecule has 2 aromatic heterocycles. The van der Waals surface area contributed by atoms with Crippen LogP contribution in [0.5, 0.6) is 0 Å². The number of hydrogen-bond acceptors (Lipinski definition) is 6. The van der Waals surface area contributed by atoms with Gasteiger partial charge in [0.05, 0.1) is 22.9 Å². The second kappa shape index (κ2) is 10.5. The third-order valence-electron chi connectivity index (χ3n) is 6.41. The van der Waals surface area contributed by atoms with Gasteiger partial charge in [-0.2, -0.15) is 0 Å². The number of aryl methyl sites for hydroxylation is 1. The first-order chi connectivity index (χ1) is 18.8. The van der Waals surface area contributed by atoms with Gasteiger partial charge in [0.2, 0.25) is 11.8 Å². The summed E-state index contributed by atoms with van der Waals surface area (Å²) in [5.41, 5.74) is 4.25. The molecule has 2 aromatic carbocycles. The molecule has 4 aromatic rings. The first kappa shape index (κ1) is 25.8. The molecule has 196 valence electrons. The molecule has 4 N–H and O–H groups in total. The van der Waals surface area contributed by atoms with Gasteiger partial charge < -0.3 is 20.2 Å². The fourth-order valence-corrected chi connectivity index (χ4v) is 5.00. The van der Waals surface area contributed by atoms with Crippen LogP contribution in [0.4, 0.5) is 11.4 Å². The van der Waals surface area contributed by atoms with E-state index >= 15 is 0 Å². The normalized spacial score (nSPS) is 13.1. The van der Waals surface area contributed by atoms with Gasteiger partial charge in [0.15, 0.2) is 0 Å². The minimum atomic E-state index is -0.518. The number of carbonyl (C=O) groups excluding carboxylic acids is 4. The predicted molar refractivity (Wildman–Crippen MR) is 153 cm³/mol. The van der Waals surface area contributed by atoms with Crippen LogP contribution in [-0.4, -0.2) is 44.9 Å². The monoisotopic (exact) mass is 540 g/mol. The van der Waals surface area contributed by atoms with Gasteiger partial charge in [-0.1, -0.05) is 0 Å². The van der Waals surface area contributed by atoms with Gasteiger partial charge in [-0.15, -0.1) is 0 Å². The number of nitrogens with one attached hydrogen (secondary N) is 4. The Kier molecular flexibility index (Phi) is 6.93. The quantitative estimate of drug-likeness (QED) is 0.115. The van der Waals surface area contributed by atoms with Crippen molar-refractivity contribution in [3.05, 3.63) is 59.9 Å². The number of amides is 4. The number of thiocarbonyl (C=S) groups is 1. The van der Waals surface area contributed by atoms with Crippen molar-refractivity contribution in [1.82, 2.24) is 14.9 Å². The molecule has 0 unspecified atom stereocenters. The summed E-state index contributed by atoms with van der Waals surface area (Å²) >= 11 is 4.66. The highest BCUT2D eigenvalue weighted by atomic mass is 32.1. The molecule has 0 aliphatic carbocycles. The van der Waals surface area contributed by atoms with Crippen LogP contribution in [0, 0.1) is 0 Å². The number of fused-ring (bicyclic) bond motifs is 2. The van der Waals surface area contributed by atoms with E-state index in [0.717, 1.165) is 11.0 Å². The van der Waals surface area contributed by atoms with Gasteiger partial charge in [-0.05, 0) is 55.0 Å². The molecule has 39 heavy (non-hydrogen) atoms. The number of imide groups is 1. The van der Waals surface area contributed by atoms with E-state index < -0.39 is 11.8 Å². The molecular weight excluding hydrogens is 516 g/mol. The SMILES string of the molecule is CC(=O)Nc1ccc2[nH]cc(C3=C(c4cn(CCCN=C=S)c5ccc(NC(C)=O)cc45)C(=O)NC3=O)c2c1. The number of nitrogens with zero attached hydrogens (tertiary/aromatic N) is 2. The van der Waals surface area contributed by atoms with Crippen LogP contribution in [0.25, 0.3) is 33.0 Å². The lowest BCUT2D eigenvalue weighted by molar-refractivity contribution is -0.123. The summed E-state index contributed by atoms with van der Waals surface area (Å²) in [6.07, 6.45) is 4.21. The van der Waals surface area contributed by atoms with E-state index in [1.54, 1.807) is 36.5 Å². The first-order valence-electron chi connectivity index (χ1n) is 12.2. The molecule has 4 amide bonds. The highest BCUT2D eigenvalue weighted by molar-refractivity contribution is 7.78. The molecule has 0 radical (unpaired) electrons. The number of isothiocyanates is 1. The Morgan fingerprint density at radius 3 is 2.26 bits per heavy atom. The predicted octanol–water partition coefficient (Wildman–Crippen LogP) is 4.10. The molecule has 0 bridgehead atoms. The molecule has 5 rings (SSSR count). The van der Waals surface area contributed by atoms with Crippen LogP contribution in [0.15, 0.2) is 53.8 Å². The van der Waals surface area contributed by atoms with E-state index in [2.05, 4.69) is 43.3 Å². The van der Waals surface area contributed by atoms with E-state index in [1.807, 2.05) is 16.8 Å². The topological polar surface area (TPSA) is 137 Å². The maximum atomic E-state index is 13.3. The summed E-state index contributed by atoms with van der Waals surface area (Å²) in [5, 5.41) is 11.7. The maximum absolute atomic E-state index is 13.3. The van der Waals surface area contributed by atoms with Gasteiger partial charge in [0, 0.05) is 77.1 Å². The second-order valence-corrected chi connectivity index (χ2v) is 9.34. The number of H-pyrrole nitrogens is 1. The number of benzene rings is 2. The lowest BCUT2D eigenvalue weighted by atomic mass is 9.95. The number of rotatable bonds is 8. The number of anilines is 2. The van der Waals surface area contributed by atoms with Crippen molar-refractivity contribution in [2.75, 3.05) is 17.2 Å². The fraction of sp³-hybridized carbons (Fsp3) is 0.179. The summed E-state index contributed by atoms with van der Waals surface area (Å²) in [4.78, 5) is 57.0. The lowest BCUT2D eigenvalue weighted by Crippen LogP contribution is -2.22. The zero-order chi connectivity index (χ0) is 27.7. The van der Waals surface area contributed by atoms with E-state index in [0.29, 0.717) is 52.8 Å². The molecule has 11 heteroatoms. The molecular formula is C28H24N6O4S. The third kappa shape index (κ3) is 5.00. The van der Waals surface area contributed by atoms with E-state index in [4.69, 9.17) is 0 Å². The highest BCUT2D eigenvalue weighted by Crippen LogP contribution is 2.39. The summed E-state index contributed by atoms with van der Waals surface area (Å²) in [7, 11) is 0. The van der Waals surface area contributed by atoms with Crippen LogP contribution >= 0.6 is 12.2 Å². The molecule has 10 nitrogen and oxygen atoms in total. The molecule has 1 aliphatic heterocycles. The number of aromatic nitrogens is 2. The van der Waals surface area contributed by atoms with Gasteiger partial charge in [0.1, 0.15) is 0 Å². The molecule has 0 saturated heterocycles. The second-order valence-electron chi connectivity index (χ2n) is 9.15. The van der Waals surface area contributed by atoms with Crippen molar-refractivity contribution in [2.45, 2.75) is 26.8 Å². The lowest BCUT2D eigenvalue weighted by Gasteiger charge is -2.06. The minimum absolute atomic E-state index is 0.223. The van der Waals surface area contributed by atoms with Gasteiger partial charge >= 0.3 is 0 Å². The Bertz CT molecular complexity index is 1770. The highest BCUT2D eigenvalue weighted by Gasteiger charge is 2.35. The summed E-state index contributed by atoms with van der Waals surface area (Å²) < 4.78 is 1.99. The first-order valence-corrected chi connectivity index (χ1v) is 12.6. The minimum Gasteiger partial charge on any atom is -0.361 e. The molecule has 3 heterocycles. The molecule has 0 atom stereocenters. The molecule has 0 saturated carbocycles. The molecule has 1 aliphatic rings. The van der Waals surface area contributed by atoms with Crippen LogP contribution in [0.1, 0.15) is 31.4 Å². The van der Waals surface area contributed by atoms with Crippen LogP contribution in [0.2, 0.25) is 0 Å². The Morgan fingerprint density at radius 2 is 1.59 bits per heavy atom. The molecule has 0 fully saturated rings. The van der Waals surface area contributed by atoms with E-state index in [1.165, 1.54) is 13.8 Å². The van der Waals surface area contributed by atoms with Crippen molar-refractivity contribution in [3.8, 4) is 0 Å². The number of carbonyl (C=O) groups is 4. The van der Waals surface area contributed by atoms with Gasteiger partial charge in [-0.3, -0.25) is 24.5 Å². The number of aromatic amines is 1. The van der Waals surface area contributed by atoms with Gasteiger partial charge in [0.25, 0.3) is 11.8 Å². The smallest absolute Gasteiger partial charge is 0.259 e. The Morgan fingerprint density at radius 1 is 0.949 bits per heavy atom. The largest absolute Gasteiger partial charge is 0.361 e. The van der Waals surface area contributed by atoms with E-state index in [-0.39, 0.29) is 23.0 Å². The zero-order valence-corrected chi connectivity index (χ0v) is 22.0. The van der Waals surface area contributed by atoms with Crippen molar-refractivity contribution >= 4 is 85.3 Å². The third-order valence-corrected chi connectivity index (χ3v) is 6.54. The number of hydrogen-bond donors (Lipinski definition) is 4. The van der Waals surface area contributed by atoms with Crippen LogP contribution < -0.4 is 16.0 Å². The van der Waals surface area contributed by atoms with Gasteiger partial charge in [-0.25, -0.2) is 4.99 Å². The van der Waals surface area contributed by atoms with Crippen molar-refractivity contribution in [1.29, 1.82) is 0 Å². The summed E-state index contributed by atoms with van der Waals surface area (Å²) in [5.74, 6) is -1.48. The van der Waals surface area contributed by atoms with Crippen molar-refractivity contribution < 1.29 is 19.2 Å².